The third kappa shape index (κ3) is 11.5. The van der Waals surface area contributed by atoms with E-state index in [1.807, 2.05) is 6.08 Å². The van der Waals surface area contributed by atoms with E-state index in [9.17, 15) is 4.79 Å². The molecule has 1 heterocycles. The van der Waals surface area contributed by atoms with Crippen molar-refractivity contribution in [2.45, 2.75) is 57.9 Å². The second-order valence-electron chi connectivity index (χ2n) is 8.44. The van der Waals surface area contributed by atoms with Gasteiger partial charge < -0.3 is 16.0 Å². The molecule has 184 valence electrons. The van der Waals surface area contributed by atoms with E-state index >= 15 is 0 Å². The molecule has 3 rings (SSSR count). The lowest BCUT2D eigenvalue weighted by atomic mass is 9.95. The number of carbonyl (C=O) groups is 1. The zero-order valence-corrected chi connectivity index (χ0v) is 22.1. The number of hydrogen-bond acceptors (Lipinski definition) is 4. The predicted octanol–water partition coefficient (Wildman–Crippen LogP) is 5.99. The first kappa shape index (κ1) is 29.7. The molecule has 0 aliphatic heterocycles. The van der Waals surface area contributed by atoms with Crippen LogP contribution in [0.1, 0.15) is 55.4 Å². The molecule has 0 saturated heterocycles. The molecule has 0 radical (unpaired) electrons. The van der Waals surface area contributed by atoms with Crippen molar-refractivity contribution in [2.75, 3.05) is 26.2 Å². The summed E-state index contributed by atoms with van der Waals surface area (Å²) in [4.78, 5) is 14.4. The fourth-order valence-corrected chi connectivity index (χ4v) is 4.83. The minimum absolute atomic E-state index is 0. The molecule has 0 atom stereocenters. The van der Waals surface area contributed by atoms with Crippen molar-refractivity contribution in [3.8, 4) is 10.4 Å². The number of aryl methyl sites for hydroxylation is 1. The van der Waals surface area contributed by atoms with Gasteiger partial charge in [0.2, 0.25) is 5.91 Å². The lowest BCUT2D eigenvalue weighted by molar-refractivity contribution is -0.116. The van der Waals surface area contributed by atoms with E-state index < -0.39 is 0 Å². The van der Waals surface area contributed by atoms with Gasteiger partial charge in [-0.1, -0.05) is 49.1 Å². The Kier molecular flexibility index (Phi) is 15.4. The summed E-state index contributed by atoms with van der Waals surface area (Å²) in [6.07, 6.45) is 12.5. The molecule has 33 heavy (non-hydrogen) atoms. The predicted molar refractivity (Wildman–Crippen MR) is 148 cm³/mol. The molecule has 0 spiro atoms. The molecular formula is C26H39Cl2N3OS. The van der Waals surface area contributed by atoms with Crippen LogP contribution in [0.25, 0.3) is 16.5 Å². The summed E-state index contributed by atoms with van der Waals surface area (Å²) in [5.41, 5.74) is 2.48. The SMILES string of the molecule is Cc1ccc(-c2ccc(/C=C/C(=O)NCCCCNCCNC3CCCCC3)s2)cc1.Cl.Cl. The number of benzene rings is 1. The van der Waals surface area contributed by atoms with Crippen LogP contribution in [0.5, 0.6) is 0 Å². The van der Waals surface area contributed by atoms with Crippen molar-refractivity contribution in [2.24, 2.45) is 0 Å². The first-order chi connectivity index (χ1) is 15.2. The van der Waals surface area contributed by atoms with Gasteiger partial charge in [-0.05, 0) is 62.9 Å². The molecule has 0 bridgehead atoms. The maximum absolute atomic E-state index is 12.0. The van der Waals surface area contributed by atoms with Crippen LogP contribution in [0.15, 0.2) is 42.5 Å². The van der Waals surface area contributed by atoms with Crippen molar-refractivity contribution < 1.29 is 4.79 Å². The summed E-state index contributed by atoms with van der Waals surface area (Å²) in [7, 11) is 0. The van der Waals surface area contributed by atoms with Gasteiger partial charge in [-0.3, -0.25) is 4.79 Å². The second kappa shape index (κ2) is 17.1. The molecule has 2 aromatic rings. The van der Waals surface area contributed by atoms with Crippen molar-refractivity contribution in [1.82, 2.24) is 16.0 Å². The van der Waals surface area contributed by atoms with E-state index in [1.54, 1.807) is 17.4 Å². The maximum Gasteiger partial charge on any atom is 0.244 e. The summed E-state index contributed by atoms with van der Waals surface area (Å²) in [6.45, 7) is 5.91. The van der Waals surface area contributed by atoms with E-state index in [2.05, 4.69) is 59.3 Å². The van der Waals surface area contributed by atoms with Crippen molar-refractivity contribution in [1.29, 1.82) is 0 Å². The topological polar surface area (TPSA) is 53.2 Å². The van der Waals surface area contributed by atoms with Crippen molar-refractivity contribution >= 4 is 48.1 Å². The van der Waals surface area contributed by atoms with E-state index in [0.29, 0.717) is 0 Å². The number of rotatable bonds is 12. The number of carbonyl (C=O) groups excluding carboxylic acids is 1. The Bertz CT molecular complexity index is 817. The van der Waals surface area contributed by atoms with Crippen LogP contribution < -0.4 is 16.0 Å². The van der Waals surface area contributed by atoms with E-state index in [1.165, 1.54) is 48.1 Å². The Balaban J connectivity index is 0.00000272. The Hall–Kier alpha value is -1.37. The molecule has 1 fully saturated rings. The number of amides is 1. The minimum Gasteiger partial charge on any atom is -0.353 e. The Morgan fingerprint density at radius 1 is 0.939 bits per heavy atom. The van der Waals surface area contributed by atoms with Crippen LogP contribution in [-0.2, 0) is 4.79 Å². The average molecular weight is 513 g/mol. The van der Waals surface area contributed by atoms with Gasteiger partial charge in [0, 0.05) is 41.5 Å². The molecule has 4 nitrogen and oxygen atoms in total. The van der Waals surface area contributed by atoms with Crippen LogP contribution in [0, 0.1) is 6.92 Å². The summed E-state index contributed by atoms with van der Waals surface area (Å²) < 4.78 is 0. The van der Waals surface area contributed by atoms with Gasteiger partial charge in [-0.2, -0.15) is 0 Å². The molecular weight excluding hydrogens is 473 g/mol. The summed E-state index contributed by atoms with van der Waals surface area (Å²) in [6, 6.07) is 13.5. The molecule has 1 aromatic carbocycles. The van der Waals surface area contributed by atoms with Crippen LogP contribution in [0.4, 0.5) is 0 Å². The fraction of sp³-hybridized carbons (Fsp3) is 0.500. The third-order valence-corrected chi connectivity index (χ3v) is 6.88. The average Bonchev–Trinajstić information content (AvgIpc) is 3.27. The Morgan fingerprint density at radius 3 is 2.42 bits per heavy atom. The normalized spacial score (nSPS) is 14.0. The molecule has 7 heteroatoms. The molecule has 1 aliphatic rings. The number of nitrogens with one attached hydrogen (secondary N) is 3. The molecule has 1 saturated carbocycles. The molecule has 3 N–H and O–H groups in total. The number of thiophene rings is 1. The van der Waals surface area contributed by atoms with Crippen LogP contribution in [0.3, 0.4) is 0 Å². The highest BCUT2D eigenvalue weighted by molar-refractivity contribution is 7.16. The van der Waals surface area contributed by atoms with Crippen LogP contribution in [-0.4, -0.2) is 38.1 Å². The van der Waals surface area contributed by atoms with Crippen LogP contribution in [0.2, 0.25) is 0 Å². The third-order valence-electron chi connectivity index (χ3n) is 5.78. The monoisotopic (exact) mass is 511 g/mol. The van der Waals surface area contributed by atoms with Gasteiger partial charge in [-0.15, -0.1) is 36.2 Å². The number of unbranched alkanes of at least 4 members (excludes halogenated alkanes) is 1. The Morgan fingerprint density at radius 2 is 1.67 bits per heavy atom. The van der Waals surface area contributed by atoms with Gasteiger partial charge in [0.25, 0.3) is 0 Å². The maximum atomic E-state index is 12.0. The van der Waals surface area contributed by atoms with Crippen molar-refractivity contribution in [3.05, 3.63) is 52.9 Å². The van der Waals surface area contributed by atoms with E-state index in [-0.39, 0.29) is 30.7 Å². The number of halogens is 2. The Labute approximate surface area is 215 Å². The van der Waals surface area contributed by atoms with Gasteiger partial charge in [-0.25, -0.2) is 0 Å². The lowest BCUT2D eigenvalue weighted by Crippen LogP contribution is -2.36. The smallest absolute Gasteiger partial charge is 0.244 e. The summed E-state index contributed by atoms with van der Waals surface area (Å²) in [5.74, 6) is -0.0186. The molecule has 1 aliphatic carbocycles. The first-order valence-corrected chi connectivity index (χ1v) is 12.6. The number of hydrogen-bond donors (Lipinski definition) is 3. The lowest BCUT2D eigenvalue weighted by Gasteiger charge is -2.22. The summed E-state index contributed by atoms with van der Waals surface area (Å²) >= 11 is 1.70. The highest BCUT2D eigenvalue weighted by Gasteiger charge is 2.11. The molecule has 1 amide bonds. The highest BCUT2D eigenvalue weighted by Crippen LogP contribution is 2.29. The standard InChI is InChI=1S/C26H37N3OS.2ClH/c1-21-9-11-22(12-10-21)25-15-13-24(31-25)14-16-26(30)29-18-6-5-17-27-19-20-28-23-7-3-2-4-8-23;;/h9-16,23,27-28H,2-8,17-20H2,1H3,(H,29,30);2*1H/b16-14+;;. The highest BCUT2D eigenvalue weighted by atomic mass is 35.5. The first-order valence-electron chi connectivity index (χ1n) is 11.8. The largest absolute Gasteiger partial charge is 0.353 e. The fourth-order valence-electron chi connectivity index (χ4n) is 3.92. The molecule has 0 unspecified atom stereocenters. The van der Waals surface area contributed by atoms with Gasteiger partial charge in [0.15, 0.2) is 0 Å². The van der Waals surface area contributed by atoms with E-state index in [0.717, 1.165) is 49.9 Å². The molecule has 1 aromatic heterocycles. The van der Waals surface area contributed by atoms with Gasteiger partial charge >= 0.3 is 0 Å². The zero-order valence-electron chi connectivity index (χ0n) is 19.6. The zero-order chi connectivity index (χ0) is 21.7. The van der Waals surface area contributed by atoms with Gasteiger partial charge in [0.05, 0.1) is 0 Å². The quantitative estimate of drug-likeness (QED) is 0.242. The second-order valence-corrected chi connectivity index (χ2v) is 9.55. The van der Waals surface area contributed by atoms with E-state index in [4.69, 9.17) is 0 Å². The minimum atomic E-state index is -0.0186. The van der Waals surface area contributed by atoms with Crippen LogP contribution >= 0.6 is 36.2 Å². The van der Waals surface area contributed by atoms with Crippen molar-refractivity contribution in [3.63, 3.8) is 0 Å². The summed E-state index contributed by atoms with van der Waals surface area (Å²) in [5, 5.41) is 10.1. The van der Waals surface area contributed by atoms with Gasteiger partial charge in [0.1, 0.15) is 0 Å².